The van der Waals surface area contributed by atoms with Crippen molar-refractivity contribution in [3.05, 3.63) is 12.2 Å². The quantitative estimate of drug-likeness (QED) is 0.449. The van der Waals surface area contributed by atoms with Crippen LogP contribution in [0, 0.1) is 0 Å². The van der Waals surface area contributed by atoms with Gasteiger partial charge in [0.1, 0.15) is 0 Å². The summed E-state index contributed by atoms with van der Waals surface area (Å²) < 4.78 is 0. The molecule has 0 aliphatic carbocycles. The van der Waals surface area contributed by atoms with Gasteiger partial charge >= 0.3 is 0 Å². The number of hydrogen-bond donors (Lipinski definition) is 0. The number of nitrogens with zero attached hydrogens (tertiary/aromatic N) is 1. The van der Waals surface area contributed by atoms with Gasteiger partial charge in [0.2, 0.25) is 5.78 Å². The normalized spacial score (nSPS) is 16.2. The molecule has 1 heterocycles. The molecule has 1 rings (SSSR count). The van der Waals surface area contributed by atoms with E-state index in [1.807, 2.05) is 0 Å². The standard InChI is InChI=1S/C9H13NO2/c1-7(2)8(11)9(12)10-5-3-4-6-10/h1,3-6H2,2H3. The van der Waals surface area contributed by atoms with E-state index in [2.05, 4.69) is 6.58 Å². The van der Waals surface area contributed by atoms with E-state index in [0.29, 0.717) is 5.57 Å². The molecule has 1 amide bonds. The molecule has 0 saturated carbocycles. The molecule has 0 spiro atoms. The first-order valence-corrected chi connectivity index (χ1v) is 4.12. The minimum atomic E-state index is -0.447. The molecule has 0 aromatic heterocycles. The predicted octanol–water partition coefficient (Wildman–Crippen LogP) is 0.754. The molecular weight excluding hydrogens is 154 g/mol. The molecule has 0 bridgehead atoms. The van der Waals surface area contributed by atoms with Crippen LogP contribution in [0.1, 0.15) is 19.8 Å². The Bertz CT molecular complexity index is 227. The van der Waals surface area contributed by atoms with Gasteiger partial charge in [0.05, 0.1) is 0 Å². The van der Waals surface area contributed by atoms with E-state index in [0.717, 1.165) is 25.9 Å². The lowest BCUT2D eigenvalue weighted by Crippen LogP contribution is -2.34. The van der Waals surface area contributed by atoms with E-state index in [1.54, 1.807) is 11.8 Å². The van der Waals surface area contributed by atoms with Crippen molar-refractivity contribution in [3.63, 3.8) is 0 Å². The summed E-state index contributed by atoms with van der Waals surface area (Å²) in [5.41, 5.74) is 0.326. The van der Waals surface area contributed by atoms with Gasteiger partial charge < -0.3 is 4.90 Å². The molecule has 0 aromatic carbocycles. The maximum absolute atomic E-state index is 11.3. The number of likely N-dealkylation sites (tertiary alicyclic amines) is 1. The Hall–Kier alpha value is -1.12. The van der Waals surface area contributed by atoms with Crippen LogP contribution in [0.15, 0.2) is 12.2 Å². The second-order valence-electron chi connectivity index (χ2n) is 3.11. The number of rotatable bonds is 2. The van der Waals surface area contributed by atoms with Crippen molar-refractivity contribution >= 4 is 11.7 Å². The minimum Gasteiger partial charge on any atom is -0.336 e. The van der Waals surface area contributed by atoms with Crippen LogP contribution >= 0.6 is 0 Å². The second kappa shape index (κ2) is 3.52. The molecule has 12 heavy (non-hydrogen) atoms. The zero-order valence-electron chi connectivity index (χ0n) is 7.30. The third-order valence-corrected chi connectivity index (χ3v) is 1.98. The number of amides is 1. The Morgan fingerprint density at radius 2 is 1.75 bits per heavy atom. The number of carbonyl (C=O) groups is 2. The molecule has 1 saturated heterocycles. The van der Waals surface area contributed by atoms with Crippen LogP contribution in [0.2, 0.25) is 0 Å². The van der Waals surface area contributed by atoms with Crippen LogP contribution in [0.3, 0.4) is 0 Å². The Kier molecular flexibility index (Phi) is 2.63. The highest BCUT2D eigenvalue weighted by molar-refractivity contribution is 6.42. The molecule has 3 heteroatoms. The monoisotopic (exact) mass is 167 g/mol. The fraction of sp³-hybridized carbons (Fsp3) is 0.556. The number of hydrogen-bond acceptors (Lipinski definition) is 2. The molecule has 0 radical (unpaired) electrons. The summed E-state index contributed by atoms with van der Waals surface area (Å²) in [6.45, 7) is 6.46. The lowest BCUT2D eigenvalue weighted by atomic mass is 10.2. The summed E-state index contributed by atoms with van der Waals surface area (Å²) in [4.78, 5) is 24.0. The third-order valence-electron chi connectivity index (χ3n) is 1.98. The molecule has 0 aromatic rings. The van der Waals surface area contributed by atoms with Crippen molar-refractivity contribution in [3.8, 4) is 0 Å². The Balaban J connectivity index is 2.57. The van der Waals surface area contributed by atoms with Crippen molar-refractivity contribution in [2.75, 3.05) is 13.1 Å². The molecule has 1 aliphatic heterocycles. The summed E-state index contributed by atoms with van der Waals surface area (Å²) in [6, 6.07) is 0. The smallest absolute Gasteiger partial charge is 0.294 e. The molecule has 1 fully saturated rings. The highest BCUT2D eigenvalue weighted by Crippen LogP contribution is 2.08. The molecule has 1 aliphatic rings. The molecular formula is C9H13NO2. The molecule has 0 N–H and O–H groups in total. The van der Waals surface area contributed by atoms with Crippen LogP contribution < -0.4 is 0 Å². The van der Waals surface area contributed by atoms with E-state index < -0.39 is 5.78 Å². The lowest BCUT2D eigenvalue weighted by molar-refractivity contribution is -0.141. The molecule has 3 nitrogen and oxygen atoms in total. The average Bonchev–Trinajstić information content (AvgIpc) is 2.53. The van der Waals surface area contributed by atoms with Gasteiger partial charge in [0, 0.05) is 13.1 Å². The Morgan fingerprint density at radius 3 is 2.17 bits per heavy atom. The van der Waals surface area contributed by atoms with Crippen molar-refractivity contribution in [1.82, 2.24) is 4.90 Å². The van der Waals surface area contributed by atoms with Gasteiger partial charge in [-0.05, 0) is 25.3 Å². The SMILES string of the molecule is C=C(C)C(=O)C(=O)N1CCCC1. The fourth-order valence-electron chi connectivity index (χ4n) is 1.25. The van der Waals surface area contributed by atoms with Gasteiger partial charge in [-0.1, -0.05) is 6.58 Å². The van der Waals surface area contributed by atoms with Crippen LogP contribution in [-0.4, -0.2) is 29.7 Å². The third kappa shape index (κ3) is 1.72. The Morgan fingerprint density at radius 1 is 1.25 bits per heavy atom. The number of carbonyl (C=O) groups excluding carboxylic acids is 2. The van der Waals surface area contributed by atoms with Crippen molar-refractivity contribution in [2.45, 2.75) is 19.8 Å². The maximum atomic E-state index is 11.3. The van der Waals surface area contributed by atoms with Gasteiger partial charge in [-0.25, -0.2) is 0 Å². The fourth-order valence-corrected chi connectivity index (χ4v) is 1.25. The number of Topliss-reactive ketones (excluding diaryl/α,β-unsaturated/α-hetero) is 1. The van der Waals surface area contributed by atoms with Crippen LogP contribution in [0.25, 0.3) is 0 Å². The van der Waals surface area contributed by atoms with Crippen molar-refractivity contribution in [1.29, 1.82) is 0 Å². The first-order chi connectivity index (χ1) is 5.63. The number of ketones is 1. The van der Waals surface area contributed by atoms with Gasteiger partial charge in [-0.2, -0.15) is 0 Å². The van der Waals surface area contributed by atoms with Crippen LogP contribution in [0.5, 0.6) is 0 Å². The minimum absolute atomic E-state index is 0.326. The summed E-state index contributed by atoms with van der Waals surface area (Å²) in [7, 11) is 0. The van der Waals surface area contributed by atoms with Crippen LogP contribution in [-0.2, 0) is 9.59 Å². The van der Waals surface area contributed by atoms with Gasteiger partial charge in [-0.15, -0.1) is 0 Å². The van der Waals surface area contributed by atoms with Crippen molar-refractivity contribution in [2.24, 2.45) is 0 Å². The zero-order valence-corrected chi connectivity index (χ0v) is 7.30. The Labute approximate surface area is 72.0 Å². The van der Waals surface area contributed by atoms with E-state index in [-0.39, 0.29) is 5.91 Å². The zero-order chi connectivity index (χ0) is 9.14. The van der Waals surface area contributed by atoms with E-state index in [1.165, 1.54) is 0 Å². The highest BCUT2D eigenvalue weighted by atomic mass is 16.2. The van der Waals surface area contributed by atoms with E-state index in [9.17, 15) is 9.59 Å². The van der Waals surface area contributed by atoms with Gasteiger partial charge in [-0.3, -0.25) is 9.59 Å². The topological polar surface area (TPSA) is 37.4 Å². The molecule has 0 unspecified atom stereocenters. The summed E-state index contributed by atoms with van der Waals surface area (Å²) in [5, 5.41) is 0. The summed E-state index contributed by atoms with van der Waals surface area (Å²) in [6.07, 6.45) is 2.02. The highest BCUT2D eigenvalue weighted by Gasteiger charge is 2.24. The lowest BCUT2D eigenvalue weighted by Gasteiger charge is -2.13. The maximum Gasteiger partial charge on any atom is 0.294 e. The average molecular weight is 167 g/mol. The summed E-state index contributed by atoms with van der Waals surface area (Å²) in [5.74, 6) is -0.836. The second-order valence-corrected chi connectivity index (χ2v) is 3.11. The van der Waals surface area contributed by atoms with E-state index >= 15 is 0 Å². The molecule has 66 valence electrons. The van der Waals surface area contributed by atoms with Crippen molar-refractivity contribution < 1.29 is 9.59 Å². The first kappa shape index (κ1) is 8.97. The summed E-state index contributed by atoms with van der Waals surface area (Å²) >= 11 is 0. The largest absolute Gasteiger partial charge is 0.336 e. The van der Waals surface area contributed by atoms with Crippen LogP contribution in [0.4, 0.5) is 0 Å². The molecule has 0 atom stereocenters. The van der Waals surface area contributed by atoms with Gasteiger partial charge in [0.15, 0.2) is 0 Å². The first-order valence-electron chi connectivity index (χ1n) is 4.12. The van der Waals surface area contributed by atoms with E-state index in [4.69, 9.17) is 0 Å². The predicted molar refractivity (Wildman–Crippen MR) is 45.6 cm³/mol. The van der Waals surface area contributed by atoms with Gasteiger partial charge in [0.25, 0.3) is 5.91 Å².